The SMILES string of the molecule is CCN(CCC(NC)c1ccccc1)c1ccc(F)cc1. The van der Waals surface area contributed by atoms with Gasteiger partial charge in [-0.1, -0.05) is 30.3 Å². The number of nitrogens with zero attached hydrogens (tertiary/aromatic N) is 1. The highest BCUT2D eigenvalue weighted by molar-refractivity contribution is 5.46. The van der Waals surface area contributed by atoms with E-state index in [2.05, 4.69) is 41.4 Å². The van der Waals surface area contributed by atoms with Crippen LogP contribution < -0.4 is 10.2 Å². The smallest absolute Gasteiger partial charge is 0.123 e. The van der Waals surface area contributed by atoms with Gasteiger partial charge in [0.15, 0.2) is 0 Å². The Bertz CT molecular complexity index is 525. The van der Waals surface area contributed by atoms with Gasteiger partial charge in [-0.05, 0) is 50.2 Å². The van der Waals surface area contributed by atoms with Crippen molar-refractivity contribution < 1.29 is 4.39 Å². The van der Waals surface area contributed by atoms with Crippen molar-refractivity contribution >= 4 is 5.69 Å². The van der Waals surface area contributed by atoms with Crippen molar-refractivity contribution in [1.29, 1.82) is 0 Å². The van der Waals surface area contributed by atoms with Crippen molar-refractivity contribution in [3.05, 3.63) is 66.0 Å². The maximum absolute atomic E-state index is 13.0. The fraction of sp³-hybridized carbons (Fsp3) is 0.333. The first-order valence-electron chi connectivity index (χ1n) is 7.47. The van der Waals surface area contributed by atoms with Crippen molar-refractivity contribution in [3.8, 4) is 0 Å². The molecule has 1 unspecified atom stereocenters. The second-order valence-electron chi connectivity index (χ2n) is 5.10. The van der Waals surface area contributed by atoms with E-state index in [1.165, 1.54) is 17.7 Å². The number of benzene rings is 2. The number of anilines is 1. The molecule has 2 nitrogen and oxygen atoms in total. The van der Waals surface area contributed by atoms with Gasteiger partial charge in [-0.25, -0.2) is 4.39 Å². The van der Waals surface area contributed by atoms with Gasteiger partial charge in [-0.3, -0.25) is 0 Å². The first kappa shape index (κ1) is 15.5. The largest absolute Gasteiger partial charge is 0.372 e. The summed E-state index contributed by atoms with van der Waals surface area (Å²) in [5.41, 5.74) is 2.37. The lowest BCUT2D eigenvalue weighted by atomic mass is 10.0. The van der Waals surface area contributed by atoms with Gasteiger partial charge in [0.2, 0.25) is 0 Å². The number of rotatable bonds is 7. The predicted octanol–water partition coefficient (Wildman–Crippen LogP) is 4.00. The van der Waals surface area contributed by atoms with Gasteiger partial charge < -0.3 is 10.2 Å². The van der Waals surface area contributed by atoms with Crippen LogP contribution in [0.15, 0.2) is 54.6 Å². The summed E-state index contributed by atoms with van der Waals surface area (Å²) in [7, 11) is 1.99. The Morgan fingerprint density at radius 3 is 2.29 bits per heavy atom. The third-order valence-corrected chi connectivity index (χ3v) is 3.81. The van der Waals surface area contributed by atoms with Gasteiger partial charge in [0, 0.05) is 24.8 Å². The molecule has 0 spiro atoms. The molecule has 0 saturated carbocycles. The minimum atomic E-state index is -0.188. The molecule has 21 heavy (non-hydrogen) atoms. The molecule has 0 bridgehead atoms. The quantitative estimate of drug-likeness (QED) is 0.827. The van der Waals surface area contributed by atoms with Crippen LogP contribution in [0.3, 0.4) is 0 Å². The van der Waals surface area contributed by atoms with E-state index in [4.69, 9.17) is 0 Å². The van der Waals surface area contributed by atoms with Crippen LogP contribution in [0.4, 0.5) is 10.1 Å². The van der Waals surface area contributed by atoms with E-state index >= 15 is 0 Å². The van der Waals surface area contributed by atoms with E-state index < -0.39 is 0 Å². The Morgan fingerprint density at radius 1 is 1.05 bits per heavy atom. The van der Waals surface area contributed by atoms with E-state index in [1.807, 2.05) is 25.2 Å². The summed E-state index contributed by atoms with van der Waals surface area (Å²) >= 11 is 0. The Labute approximate surface area is 126 Å². The molecule has 3 heteroatoms. The molecule has 0 radical (unpaired) electrons. The average Bonchev–Trinajstić information content (AvgIpc) is 2.54. The highest BCUT2D eigenvalue weighted by atomic mass is 19.1. The zero-order valence-electron chi connectivity index (χ0n) is 12.7. The molecule has 0 aliphatic carbocycles. The molecule has 0 aromatic heterocycles. The van der Waals surface area contributed by atoms with Gasteiger partial charge in [-0.2, -0.15) is 0 Å². The Kier molecular flexibility index (Phi) is 5.76. The summed E-state index contributed by atoms with van der Waals surface area (Å²) < 4.78 is 13.0. The van der Waals surface area contributed by atoms with Crippen LogP contribution in [0.2, 0.25) is 0 Å². The average molecular weight is 286 g/mol. The molecule has 2 aromatic rings. The molecule has 1 atom stereocenters. The fourth-order valence-corrected chi connectivity index (χ4v) is 2.57. The normalized spacial score (nSPS) is 12.1. The first-order valence-corrected chi connectivity index (χ1v) is 7.47. The van der Waals surface area contributed by atoms with Gasteiger partial charge >= 0.3 is 0 Å². The van der Waals surface area contributed by atoms with Crippen molar-refractivity contribution in [1.82, 2.24) is 5.32 Å². The van der Waals surface area contributed by atoms with Crippen molar-refractivity contribution in [2.75, 3.05) is 25.0 Å². The number of halogens is 1. The van der Waals surface area contributed by atoms with E-state index in [1.54, 1.807) is 0 Å². The van der Waals surface area contributed by atoms with Crippen molar-refractivity contribution in [3.63, 3.8) is 0 Å². The summed E-state index contributed by atoms with van der Waals surface area (Å²) in [5, 5.41) is 3.37. The molecule has 0 aliphatic heterocycles. The second kappa shape index (κ2) is 7.79. The van der Waals surface area contributed by atoms with Crippen molar-refractivity contribution in [2.24, 2.45) is 0 Å². The number of hydrogen-bond donors (Lipinski definition) is 1. The number of hydrogen-bond acceptors (Lipinski definition) is 2. The third kappa shape index (κ3) is 4.30. The molecule has 1 N–H and O–H groups in total. The molecule has 0 aliphatic rings. The van der Waals surface area contributed by atoms with Crippen LogP contribution in [-0.2, 0) is 0 Å². The second-order valence-corrected chi connectivity index (χ2v) is 5.10. The van der Waals surface area contributed by atoms with Gasteiger partial charge in [0.1, 0.15) is 5.82 Å². The van der Waals surface area contributed by atoms with E-state index in [9.17, 15) is 4.39 Å². The lowest BCUT2D eigenvalue weighted by Gasteiger charge is -2.26. The summed E-state index contributed by atoms with van der Waals surface area (Å²) in [6, 6.07) is 17.5. The molecule has 2 rings (SSSR count). The monoisotopic (exact) mass is 286 g/mol. The van der Waals surface area contributed by atoms with E-state index in [-0.39, 0.29) is 5.82 Å². The minimum Gasteiger partial charge on any atom is -0.372 e. The lowest BCUT2D eigenvalue weighted by molar-refractivity contribution is 0.543. The Balaban J connectivity index is 2.00. The Morgan fingerprint density at radius 2 is 1.71 bits per heavy atom. The summed E-state index contributed by atoms with van der Waals surface area (Å²) in [6.07, 6.45) is 1.01. The number of nitrogens with one attached hydrogen (secondary N) is 1. The standard InChI is InChI=1S/C18H23FN2/c1-3-21(17-11-9-16(19)10-12-17)14-13-18(20-2)15-7-5-4-6-8-15/h4-12,18,20H,3,13-14H2,1-2H3. The zero-order valence-corrected chi connectivity index (χ0v) is 12.7. The van der Waals surface area contributed by atoms with E-state index in [0.717, 1.165) is 25.2 Å². The first-order chi connectivity index (χ1) is 10.2. The van der Waals surface area contributed by atoms with Crippen LogP contribution in [-0.4, -0.2) is 20.1 Å². The molecule has 0 heterocycles. The Hall–Kier alpha value is -1.87. The van der Waals surface area contributed by atoms with Gasteiger partial charge in [0.05, 0.1) is 0 Å². The van der Waals surface area contributed by atoms with Gasteiger partial charge in [0.25, 0.3) is 0 Å². The summed E-state index contributed by atoms with van der Waals surface area (Å²) in [5.74, 6) is -0.188. The predicted molar refractivity (Wildman–Crippen MR) is 87.1 cm³/mol. The maximum atomic E-state index is 13.0. The molecule has 2 aromatic carbocycles. The molecule has 112 valence electrons. The molecular weight excluding hydrogens is 263 g/mol. The fourth-order valence-electron chi connectivity index (χ4n) is 2.57. The topological polar surface area (TPSA) is 15.3 Å². The highest BCUT2D eigenvalue weighted by Crippen LogP contribution is 2.20. The lowest BCUT2D eigenvalue weighted by Crippen LogP contribution is -2.28. The van der Waals surface area contributed by atoms with Crippen LogP contribution in [0, 0.1) is 5.82 Å². The highest BCUT2D eigenvalue weighted by Gasteiger charge is 2.11. The molecule has 0 saturated heterocycles. The molecule has 0 fully saturated rings. The molecular formula is C18H23FN2. The maximum Gasteiger partial charge on any atom is 0.123 e. The third-order valence-electron chi connectivity index (χ3n) is 3.81. The van der Waals surface area contributed by atoms with Crippen LogP contribution in [0.5, 0.6) is 0 Å². The van der Waals surface area contributed by atoms with Crippen LogP contribution in [0.1, 0.15) is 24.9 Å². The minimum absolute atomic E-state index is 0.188. The summed E-state index contributed by atoms with van der Waals surface area (Å²) in [4.78, 5) is 2.27. The molecule has 0 amide bonds. The van der Waals surface area contributed by atoms with Crippen molar-refractivity contribution in [2.45, 2.75) is 19.4 Å². The van der Waals surface area contributed by atoms with Crippen LogP contribution in [0.25, 0.3) is 0 Å². The van der Waals surface area contributed by atoms with E-state index in [0.29, 0.717) is 6.04 Å². The van der Waals surface area contributed by atoms with Gasteiger partial charge in [-0.15, -0.1) is 0 Å². The zero-order chi connectivity index (χ0) is 15.1. The van der Waals surface area contributed by atoms with Crippen LogP contribution >= 0.6 is 0 Å². The summed E-state index contributed by atoms with van der Waals surface area (Å²) in [6.45, 7) is 3.97.